The van der Waals surface area contributed by atoms with Gasteiger partial charge >= 0.3 is 18.1 Å². The van der Waals surface area contributed by atoms with Crippen molar-refractivity contribution in [2.24, 2.45) is 5.73 Å². The molecule has 1 aromatic rings. The Morgan fingerprint density at radius 1 is 1.33 bits per heavy atom. The maximum atomic E-state index is 13.7. The Morgan fingerprint density at radius 2 is 1.90 bits per heavy atom. The summed E-state index contributed by atoms with van der Waals surface area (Å²) in [5.41, 5.74) is 3.65. The van der Waals surface area contributed by atoms with Crippen LogP contribution in [0.2, 0.25) is 5.02 Å². The average Bonchev–Trinajstić information content (AvgIpc) is 2.36. The van der Waals surface area contributed by atoms with Crippen LogP contribution in [0.3, 0.4) is 0 Å². The number of ether oxygens (including phenoxy) is 1. The molecule has 0 aliphatic carbocycles. The first-order chi connectivity index (χ1) is 9.51. The van der Waals surface area contributed by atoms with Gasteiger partial charge in [-0.1, -0.05) is 17.7 Å². The van der Waals surface area contributed by atoms with E-state index < -0.39 is 40.3 Å². The first-order valence-electron chi connectivity index (χ1n) is 5.69. The third-order valence-electron chi connectivity index (χ3n) is 2.60. The maximum absolute atomic E-state index is 13.7. The quantitative estimate of drug-likeness (QED) is 0.678. The summed E-state index contributed by atoms with van der Waals surface area (Å²) in [6.45, 7) is 1.05. The number of alkyl halides is 5. The van der Waals surface area contributed by atoms with Crippen molar-refractivity contribution in [2.45, 2.75) is 25.1 Å². The van der Waals surface area contributed by atoms with E-state index in [1.165, 1.54) is 6.92 Å². The highest BCUT2D eigenvalue weighted by Crippen LogP contribution is 2.38. The molecule has 0 amide bonds. The summed E-state index contributed by atoms with van der Waals surface area (Å²) in [6, 6.07) is -0.246. The molecule has 0 saturated carbocycles. The van der Waals surface area contributed by atoms with Crippen LogP contribution in [0.25, 0.3) is 0 Å². The van der Waals surface area contributed by atoms with Crippen molar-refractivity contribution in [3.8, 4) is 0 Å². The second-order valence-corrected chi connectivity index (χ2v) is 4.47. The number of halogens is 6. The molecule has 118 valence electrons. The summed E-state index contributed by atoms with van der Waals surface area (Å²) < 4.78 is 69.1. The smallest absolute Gasteiger partial charge is 0.417 e. The lowest BCUT2D eigenvalue weighted by Crippen LogP contribution is -2.41. The molecule has 1 rings (SSSR count). The van der Waals surface area contributed by atoms with Crippen LogP contribution < -0.4 is 5.73 Å². The normalized spacial score (nSPS) is 13.9. The molecule has 1 aromatic carbocycles. The van der Waals surface area contributed by atoms with E-state index in [0.717, 1.165) is 6.07 Å². The predicted molar refractivity (Wildman–Crippen MR) is 65.0 cm³/mol. The largest absolute Gasteiger partial charge is 0.462 e. The van der Waals surface area contributed by atoms with Crippen LogP contribution in [0.4, 0.5) is 22.0 Å². The van der Waals surface area contributed by atoms with E-state index in [0.29, 0.717) is 12.1 Å². The molecule has 0 fully saturated rings. The molecular weight excluding hydrogens is 321 g/mol. The number of nitrogens with two attached hydrogens (primary N) is 1. The molecule has 0 saturated heterocycles. The van der Waals surface area contributed by atoms with Gasteiger partial charge < -0.3 is 10.5 Å². The van der Waals surface area contributed by atoms with Gasteiger partial charge in [-0.15, -0.1) is 0 Å². The minimum atomic E-state index is -4.72. The number of rotatable bonds is 4. The molecule has 0 radical (unpaired) electrons. The Bertz CT molecular complexity index is 533. The number of hydrogen-bond donors (Lipinski definition) is 1. The van der Waals surface area contributed by atoms with E-state index in [2.05, 4.69) is 4.74 Å². The SMILES string of the molecule is CCOC(=O)C(F)(F)[C@@H](N)c1ccc(C(F)(F)F)c(Cl)c1. The van der Waals surface area contributed by atoms with E-state index in [1.54, 1.807) is 0 Å². The molecule has 1 atom stereocenters. The Morgan fingerprint density at radius 3 is 2.33 bits per heavy atom. The van der Waals surface area contributed by atoms with Crippen molar-refractivity contribution in [3.05, 3.63) is 34.3 Å². The number of carbonyl (C=O) groups excluding carboxylic acids is 1. The Balaban J connectivity index is 3.12. The van der Waals surface area contributed by atoms with Crippen molar-refractivity contribution in [3.63, 3.8) is 0 Å². The molecule has 0 bridgehead atoms. The van der Waals surface area contributed by atoms with Gasteiger partial charge in [0.25, 0.3) is 0 Å². The van der Waals surface area contributed by atoms with Crippen LogP contribution >= 0.6 is 11.6 Å². The summed E-state index contributed by atoms with van der Waals surface area (Å²) in [7, 11) is 0. The lowest BCUT2D eigenvalue weighted by molar-refractivity contribution is -0.174. The molecule has 0 heterocycles. The lowest BCUT2D eigenvalue weighted by atomic mass is 10.00. The predicted octanol–water partition coefficient (Wildman–Crippen LogP) is 3.56. The molecule has 0 spiro atoms. The van der Waals surface area contributed by atoms with Gasteiger partial charge in [-0.2, -0.15) is 22.0 Å². The summed E-state index contributed by atoms with van der Waals surface area (Å²) in [5.74, 6) is -5.94. The van der Waals surface area contributed by atoms with E-state index in [9.17, 15) is 26.7 Å². The van der Waals surface area contributed by atoms with Crippen molar-refractivity contribution in [2.75, 3.05) is 6.61 Å². The average molecular weight is 332 g/mol. The van der Waals surface area contributed by atoms with E-state index in [1.807, 2.05) is 0 Å². The summed E-state index contributed by atoms with van der Waals surface area (Å²) in [6.07, 6.45) is -4.72. The lowest BCUT2D eigenvalue weighted by Gasteiger charge is -2.22. The highest BCUT2D eigenvalue weighted by atomic mass is 35.5. The molecule has 0 aliphatic rings. The van der Waals surface area contributed by atoms with Crippen LogP contribution in [0.1, 0.15) is 24.1 Å². The third-order valence-corrected chi connectivity index (χ3v) is 2.91. The van der Waals surface area contributed by atoms with Crippen molar-refractivity contribution in [1.82, 2.24) is 0 Å². The Labute approximate surface area is 121 Å². The Kier molecular flexibility index (Phi) is 5.16. The standard InChI is InChI=1S/C12H11ClF5NO2/c1-2-21-10(20)11(14,15)9(19)6-3-4-7(8(13)5-6)12(16,17)18/h3-5,9H,2,19H2,1H3/t9-/m0/s1. The van der Waals surface area contributed by atoms with Gasteiger partial charge in [-0.05, 0) is 24.6 Å². The van der Waals surface area contributed by atoms with Gasteiger partial charge in [0, 0.05) is 0 Å². The molecule has 9 heteroatoms. The zero-order valence-electron chi connectivity index (χ0n) is 10.7. The van der Waals surface area contributed by atoms with Gasteiger partial charge in [-0.3, -0.25) is 0 Å². The van der Waals surface area contributed by atoms with E-state index in [-0.39, 0.29) is 6.61 Å². The van der Waals surface area contributed by atoms with Gasteiger partial charge in [0.05, 0.1) is 17.2 Å². The molecule has 2 N–H and O–H groups in total. The minimum Gasteiger partial charge on any atom is -0.462 e. The molecule has 0 aromatic heterocycles. The van der Waals surface area contributed by atoms with Crippen LogP contribution in [0.15, 0.2) is 18.2 Å². The van der Waals surface area contributed by atoms with Gasteiger partial charge in [0.15, 0.2) is 0 Å². The first-order valence-corrected chi connectivity index (χ1v) is 6.06. The van der Waals surface area contributed by atoms with Crippen molar-refractivity contribution in [1.29, 1.82) is 0 Å². The van der Waals surface area contributed by atoms with Crippen LogP contribution in [0.5, 0.6) is 0 Å². The second kappa shape index (κ2) is 6.15. The van der Waals surface area contributed by atoms with Gasteiger partial charge in [-0.25, -0.2) is 4.79 Å². The van der Waals surface area contributed by atoms with Crippen LogP contribution in [-0.2, 0) is 15.7 Å². The monoisotopic (exact) mass is 331 g/mol. The maximum Gasteiger partial charge on any atom is 0.417 e. The number of esters is 1. The highest BCUT2D eigenvalue weighted by molar-refractivity contribution is 6.31. The molecule has 21 heavy (non-hydrogen) atoms. The van der Waals surface area contributed by atoms with Crippen LogP contribution in [0, 0.1) is 0 Å². The highest BCUT2D eigenvalue weighted by Gasteiger charge is 2.48. The summed E-state index contributed by atoms with van der Waals surface area (Å²) >= 11 is 5.41. The fraction of sp³-hybridized carbons (Fsp3) is 0.417. The van der Waals surface area contributed by atoms with Crippen LogP contribution in [-0.4, -0.2) is 18.5 Å². The molecular formula is C12H11ClF5NO2. The van der Waals surface area contributed by atoms with E-state index >= 15 is 0 Å². The summed E-state index contributed by atoms with van der Waals surface area (Å²) in [4.78, 5) is 11.1. The number of benzene rings is 1. The Hall–Kier alpha value is -1.41. The first kappa shape index (κ1) is 17.6. The summed E-state index contributed by atoms with van der Waals surface area (Å²) in [5, 5.41) is -0.782. The molecule has 0 aliphatic heterocycles. The fourth-order valence-corrected chi connectivity index (χ4v) is 1.81. The fourth-order valence-electron chi connectivity index (χ4n) is 1.52. The van der Waals surface area contributed by atoms with Gasteiger partial charge in [0.1, 0.15) is 6.04 Å². The minimum absolute atomic E-state index is 0.283. The third kappa shape index (κ3) is 3.82. The topological polar surface area (TPSA) is 52.3 Å². The molecule has 0 unspecified atom stereocenters. The second-order valence-electron chi connectivity index (χ2n) is 4.06. The van der Waals surface area contributed by atoms with E-state index in [4.69, 9.17) is 17.3 Å². The van der Waals surface area contributed by atoms with Crippen molar-refractivity contribution >= 4 is 17.6 Å². The molecule has 3 nitrogen and oxygen atoms in total. The zero-order valence-corrected chi connectivity index (χ0v) is 11.4. The van der Waals surface area contributed by atoms with Crippen molar-refractivity contribution < 1.29 is 31.5 Å². The number of carbonyl (C=O) groups is 1. The zero-order chi connectivity index (χ0) is 16.4. The van der Waals surface area contributed by atoms with Gasteiger partial charge in [0.2, 0.25) is 0 Å². The number of hydrogen-bond acceptors (Lipinski definition) is 3.